The van der Waals surface area contributed by atoms with Crippen molar-refractivity contribution in [3.8, 4) is 0 Å². The van der Waals surface area contributed by atoms with E-state index in [1.807, 2.05) is 11.9 Å². The van der Waals surface area contributed by atoms with Crippen molar-refractivity contribution < 1.29 is 4.79 Å². The van der Waals surface area contributed by atoms with Crippen LogP contribution in [-0.4, -0.2) is 23.9 Å². The molecule has 0 saturated carbocycles. The lowest BCUT2D eigenvalue weighted by molar-refractivity contribution is -0.128. The van der Waals surface area contributed by atoms with Crippen molar-refractivity contribution in [3.63, 3.8) is 0 Å². The van der Waals surface area contributed by atoms with E-state index in [-0.39, 0.29) is 23.5 Å². The van der Waals surface area contributed by atoms with Crippen LogP contribution in [0.4, 0.5) is 0 Å². The number of carbonyl (C=O) groups excluding carboxylic acids is 1. The minimum atomic E-state index is -0.0257. The van der Waals surface area contributed by atoms with E-state index < -0.39 is 0 Å². The average molecular weight is 288 g/mol. The number of benzene rings is 1. The number of hydrogen-bond acceptors (Lipinski definition) is 2. The molecule has 1 aromatic carbocycles. The molecule has 116 valence electrons. The Morgan fingerprint density at radius 3 is 2.33 bits per heavy atom. The lowest BCUT2D eigenvalue weighted by Crippen LogP contribution is -2.28. The third-order valence-corrected chi connectivity index (χ3v) is 4.33. The molecule has 1 amide bonds. The van der Waals surface area contributed by atoms with Crippen molar-refractivity contribution >= 4 is 5.91 Å². The maximum Gasteiger partial charge on any atom is 0.241 e. The Bertz CT molecular complexity index is 487. The molecule has 0 spiro atoms. The van der Waals surface area contributed by atoms with Crippen LogP contribution in [0.15, 0.2) is 24.3 Å². The van der Waals surface area contributed by atoms with Crippen LogP contribution in [0.1, 0.15) is 64.3 Å². The van der Waals surface area contributed by atoms with Crippen LogP contribution in [0, 0.1) is 0 Å². The fourth-order valence-corrected chi connectivity index (χ4v) is 2.85. The summed E-state index contributed by atoms with van der Waals surface area (Å²) in [6.45, 7) is 8.80. The third kappa shape index (κ3) is 3.46. The SMILES string of the molecule is CCCCC1NC(c2ccc(C(C)(C)C)cc2)N(C)C1=O. The van der Waals surface area contributed by atoms with Gasteiger partial charge in [-0.15, -0.1) is 0 Å². The minimum absolute atomic E-state index is 0.00775. The maximum atomic E-state index is 12.3. The molecule has 0 aromatic heterocycles. The van der Waals surface area contributed by atoms with Gasteiger partial charge in [0.1, 0.15) is 6.17 Å². The predicted molar refractivity (Wildman–Crippen MR) is 87.1 cm³/mol. The van der Waals surface area contributed by atoms with Crippen molar-refractivity contribution in [2.24, 2.45) is 0 Å². The van der Waals surface area contributed by atoms with E-state index >= 15 is 0 Å². The van der Waals surface area contributed by atoms with E-state index in [9.17, 15) is 4.79 Å². The zero-order valence-electron chi connectivity index (χ0n) is 13.9. The van der Waals surface area contributed by atoms with Crippen LogP contribution in [0.25, 0.3) is 0 Å². The van der Waals surface area contributed by atoms with Crippen LogP contribution < -0.4 is 5.32 Å². The number of carbonyl (C=O) groups is 1. The first-order chi connectivity index (χ1) is 9.84. The van der Waals surface area contributed by atoms with Crippen LogP contribution >= 0.6 is 0 Å². The normalized spacial score (nSPS) is 22.9. The lowest BCUT2D eigenvalue weighted by Gasteiger charge is -2.23. The zero-order valence-corrected chi connectivity index (χ0v) is 13.9. The van der Waals surface area contributed by atoms with Gasteiger partial charge < -0.3 is 4.90 Å². The molecule has 1 aliphatic heterocycles. The Hall–Kier alpha value is -1.35. The number of unbranched alkanes of at least 4 members (excludes halogenated alkanes) is 1. The second-order valence-corrected chi connectivity index (χ2v) is 7.09. The fourth-order valence-electron chi connectivity index (χ4n) is 2.85. The monoisotopic (exact) mass is 288 g/mol. The van der Waals surface area contributed by atoms with Gasteiger partial charge in [0, 0.05) is 7.05 Å². The van der Waals surface area contributed by atoms with Gasteiger partial charge in [0.25, 0.3) is 0 Å². The highest BCUT2D eigenvalue weighted by Gasteiger charge is 2.36. The molecule has 0 aliphatic carbocycles. The molecule has 1 aliphatic rings. The summed E-state index contributed by atoms with van der Waals surface area (Å²) in [6, 6.07) is 8.61. The summed E-state index contributed by atoms with van der Waals surface area (Å²) in [5.41, 5.74) is 2.64. The van der Waals surface area contributed by atoms with Gasteiger partial charge in [0.2, 0.25) is 5.91 Å². The van der Waals surface area contributed by atoms with Crippen LogP contribution in [0.5, 0.6) is 0 Å². The first-order valence-electron chi connectivity index (χ1n) is 7.97. The van der Waals surface area contributed by atoms with Gasteiger partial charge in [-0.25, -0.2) is 0 Å². The van der Waals surface area contributed by atoms with Crippen molar-refractivity contribution in [3.05, 3.63) is 35.4 Å². The molecule has 21 heavy (non-hydrogen) atoms. The summed E-state index contributed by atoms with van der Waals surface area (Å²) in [7, 11) is 1.89. The molecule has 0 radical (unpaired) electrons. The predicted octanol–water partition coefficient (Wildman–Crippen LogP) is 3.60. The van der Waals surface area contributed by atoms with Gasteiger partial charge in [-0.3, -0.25) is 10.1 Å². The smallest absolute Gasteiger partial charge is 0.241 e. The van der Waals surface area contributed by atoms with Crippen molar-refractivity contribution in [1.29, 1.82) is 0 Å². The Morgan fingerprint density at radius 1 is 1.19 bits per heavy atom. The number of nitrogens with one attached hydrogen (secondary N) is 1. The second kappa shape index (κ2) is 6.18. The Morgan fingerprint density at radius 2 is 1.81 bits per heavy atom. The highest BCUT2D eigenvalue weighted by Crippen LogP contribution is 2.28. The number of amides is 1. The Labute approximate surface area is 128 Å². The Kier molecular flexibility index (Phi) is 4.72. The van der Waals surface area contributed by atoms with Crippen molar-refractivity contribution in [2.75, 3.05) is 7.05 Å². The highest BCUT2D eigenvalue weighted by molar-refractivity contribution is 5.84. The van der Waals surface area contributed by atoms with Gasteiger partial charge >= 0.3 is 0 Å². The van der Waals surface area contributed by atoms with E-state index in [1.54, 1.807) is 0 Å². The molecule has 1 N–H and O–H groups in total. The van der Waals surface area contributed by atoms with Crippen molar-refractivity contribution in [2.45, 2.75) is 64.6 Å². The quantitative estimate of drug-likeness (QED) is 0.918. The molecular formula is C18H28N2O. The minimum Gasteiger partial charge on any atom is -0.325 e. The fraction of sp³-hybridized carbons (Fsp3) is 0.611. The summed E-state index contributed by atoms with van der Waals surface area (Å²) in [5.74, 6) is 0.216. The molecular weight excluding hydrogens is 260 g/mol. The van der Waals surface area contributed by atoms with E-state index in [4.69, 9.17) is 0 Å². The number of hydrogen-bond donors (Lipinski definition) is 1. The molecule has 2 atom stereocenters. The number of nitrogens with zero attached hydrogens (tertiary/aromatic N) is 1. The topological polar surface area (TPSA) is 32.3 Å². The summed E-state index contributed by atoms with van der Waals surface area (Å²) in [5, 5.41) is 3.48. The van der Waals surface area contributed by atoms with Gasteiger partial charge in [-0.1, -0.05) is 64.8 Å². The molecule has 2 unspecified atom stereocenters. The first kappa shape index (κ1) is 16.0. The number of rotatable bonds is 4. The van der Waals surface area contributed by atoms with E-state index in [1.165, 1.54) is 5.56 Å². The second-order valence-electron chi connectivity index (χ2n) is 7.09. The Balaban J connectivity index is 2.13. The van der Waals surface area contributed by atoms with E-state index in [0.29, 0.717) is 0 Å². The van der Waals surface area contributed by atoms with Gasteiger partial charge in [0.15, 0.2) is 0 Å². The molecule has 1 aromatic rings. The van der Waals surface area contributed by atoms with Crippen LogP contribution in [0.2, 0.25) is 0 Å². The van der Waals surface area contributed by atoms with Gasteiger partial charge in [-0.2, -0.15) is 0 Å². The van der Waals surface area contributed by atoms with E-state index in [2.05, 4.69) is 57.3 Å². The summed E-state index contributed by atoms with van der Waals surface area (Å²) < 4.78 is 0. The molecule has 1 heterocycles. The van der Waals surface area contributed by atoms with E-state index in [0.717, 1.165) is 24.8 Å². The van der Waals surface area contributed by atoms with Crippen molar-refractivity contribution in [1.82, 2.24) is 10.2 Å². The largest absolute Gasteiger partial charge is 0.325 e. The van der Waals surface area contributed by atoms with Gasteiger partial charge in [-0.05, 0) is 23.0 Å². The lowest BCUT2D eigenvalue weighted by atomic mass is 9.86. The molecule has 2 rings (SSSR count). The molecule has 1 saturated heterocycles. The standard InChI is InChI=1S/C18H28N2O/c1-6-7-8-15-17(21)20(5)16(19-15)13-9-11-14(12-10-13)18(2,3)4/h9-12,15-16,19H,6-8H2,1-5H3. The van der Waals surface area contributed by atoms with Crippen LogP contribution in [0.3, 0.4) is 0 Å². The summed E-state index contributed by atoms with van der Waals surface area (Å²) in [4.78, 5) is 14.1. The van der Waals surface area contributed by atoms with Gasteiger partial charge in [0.05, 0.1) is 6.04 Å². The maximum absolute atomic E-state index is 12.3. The van der Waals surface area contributed by atoms with Crippen LogP contribution in [-0.2, 0) is 10.2 Å². The molecule has 1 fully saturated rings. The zero-order chi connectivity index (χ0) is 15.6. The molecule has 0 bridgehead atoms. The third-order valence-electron chi connectivity index (χ3n) is 4.33. The average Bonchev–Trinajstić information content (AvgIpc) is 2.72. The summed E-state index contributed by atoms with van der Waals surface area (Å²) >= 11 is 0. The molecule has 3 nitrogen and oxygen atoms in total. The number of likely N-dealkylation sites (N-methyl/N-ethyl adjacent to an activating group) is 1. The first-order valence-corrected chi connectivity index (χ1v) is 7.97. The molecule has 3 heteroatoms. The summed E-state index contributed by atoms with van der Waals surface area (Å²) in [6.07, 6.45) is 3.15. The highest BCUT2D eigenvalue weighted by atomic mass is 16.2.